The van der Waals surface area contributed by atoms with Crippen molar-refractivity contribution in [3.8, 4) is 0 Å². The van der Waals surface area contributed by atoms with Gasteiger partial charge in [-0.15, -0.1) is 0 Å². The number of aliphatic carboxylic acids is 1. The summed E-state index contributed by atoms with van der Waals surface area (Å²) in [6, 6.07) is 0. The molecule has 0 bridgehead atoms. The Balaban J connectivity index is 3.96. The second-order valence-corrected chi connectivity index (χ2v) is 4.32. The molecule has 0 rings (SSSR count). The minimum absolute atomic E-state index is 0.0856. The zero-order valence-corrected chi connectivity index (χ0v) is 9.08. The predicted octanol–water partition coefficient (Wildman–Crippen LogP) is 0.946. The van der Waals surface area contributed by atoms with Crippen LogP contribution in [0, 0.1) is 0 Å². The van der Waals surface area contributed by atoms with Crippen LogP contribution in [0.4, 0.5) is 0 Å². The van der Waals surface area contributed by atoms with Crippen LogP contribution >= 0.6 is 0 Å². The van der Waals surface area contributed by atoms with E-state index in [0.717, 1.165) is 6.42 Å². The zero-order chi connectivity index (χ0) is 9.56. The van der Waals surface area contributed by atoms with Gasteiger partial charge in [0.2, 0.25) is 0 Å². The van der Waals surface area contributed by atoms with Gasteiger partial charge in [-0.05, 0) is 13.3 Å². The number of carboxylic acids is 1. The highest BCUT2D eigenvalue weighted by Crippen LogP contribution is 2.18. The van der Waals surface area contributed by atoms with Crippen molar-refractivity contribution >= 4 is 15.7 Å². The molecule has 0 saturated heterocycles. The van der Waals surface area contributed by atoms with E-state index >= 15 is 0 Å². The van der Waals surface area contributed by atoms with Gasteiger partial charge in [0.1, 0.15) is 0 Å². The van der Waals surface area contributed by atoms with Crippen LogP contribution in [0.1, 0.15) is 20.3 Å². The Morgan fingerprint density at radius 2 is 2.25 bits per heavy atom. The van der Waals surface area contributed by atoms with Crippen molar-refractivity contribution in [3.05, 3.63) is 12.2 Å². The first-order chi connectivity index (χ1) is 5.63. The van der Waals surface area contributed by atoms with E-state index in [1.54, 1.807) is 0 Å². The highest BCUT2D eigenvalue weighted by Gasteiger charge is 2.16. The van der Waals surface area contributed by atoms with Gasteiger partial charge in [-0.3, -0.25) is 0 Å². The molecule has 70 valence electrons. The molecule has 0 heterocycles. The van der Waals surface area contributed by atoms with Crippen LogP contribution in [0.15, 0.2) is 12.2 Å². The molecule has 1 N–H and O–H groups in total. The topological polar surface area (TPSA) is 46.5 Å². The summed E-state index contributed by atoms with van der Waals surface area (Å²) in [5.41, 5.74) is 0.389. The van der Waals surface area contributed by atoms with E-state index in [-0.39, 0.29) is 5.54 Å². The second-order valence-electron chi connectivity index (χ2n) is 2.60. The molecule has 3 nitrogen and oxygen atoms in total. The van der Waals surface area contributed by atoms with Crippen LogP contribution in [0.25, 0.3) is 0 Å². The normalized spacial score (nSPS) is 13.5. The third-order valence-electron chi connectivity index (χ3n) is 1.78. The zero-order valence-electron chi connectivity index (χ0n) is 7.67. The number of hydrogen-bond acceptors (Lipinski definition) is 2. The van der Waals surface area contributed by atoms with Gasteiger partial charge in [0.25, 0.3) is 0 Å². The van der Waals surface area contributed by atoms with Crippen molar-refractivity contribution in [2.75, 3.05) is 6.61 Å². The molecule has 0 saturated carbocycles. The number of rotatable bonds is 6. The summed E-state index contributed by atoms with van der Waals surface area (Å²) in [4.78, 5) is 10.5. The van der Waals surface area contributed by atoms with E-state index in [1.165, 1.54) is 0 Å². The molecule has 0 aromatic carbocycles. The van der Waals surface area contributed by atoms with Gasteiger partial charge in [0.15, 0.2) is 9.76 Å². The molecule has 12 heavy (non-hydrogen) atoms. The summed E-state index contributed by atoms with van der Waals surface area (Å²) in [5.74, 6) is -0.894. The quantitative estimate of drug-likeness (QED) is 0.498. The molecule has 1 unspecified atom stereocenters. The van der Waals surface area contributed by atoms with Crippen LogP contribution in [-0.2, 0) is 9.22 Å². The second kappa shape index (κ2) is 5.96. The summed E-state index contributed by atoms with van der Waals surface area (Å²) < 4.78 is 5.27. The fourth-order valence-corrected chi connectivity index (χ4v) is 2.03. The lowest BCUT2D eigenvalue weighted by atomic mass is 10.2. The summed E-state index contributed by atoms with van der Waals surface area (Å²) in [5, 5.41) is 8.65. The fourth-order valence-electron chi connectivity index (χ4n) is 0.900. The first-order valence-corrected chi connectivity index (χ1v) is 5.52. The number of hydrogen-bond donors (Lipinski definition) is 1. The van der Waals surface area contributed by atoms with E-state index < -0.39 is 15.7 Å². The Kier molecular flexibility index (Phi) is 5.66. The van der Waals surface area contributed by atoms with E-state index in [1.807, 2.05) is 13.8 Å². The third-order valence-corrected chi connectivity index (χ3v) is 3.90. The average molecular weight is 188 g/mol. The molecule has 4 heteroatoms. The maximum Gasteiger partial charge on any atom is 0.331 e. The SMILES string of the molecule is C=C(C(=O)O)C(CC)[SiH2]OCC. The van der Waals surface area contributed by atoms with Crippen molar-refractivity contribution in [1.82, 2.24) is 0 Å². The van der Waals surface area contributed by atoms with Gasteiger partial charge >= 0.3 is 5.97 Å². The lowest BCUT2D eigenvalue weighted by Crippen LogP contribution is -2.14. The maximum atomic E-state index is 10.5. The first kappa shape index (κ1) is 11.4. The molecule has 0 aliphatic rings. The van der Waals surface area contributed by atoms with E-state index in [9.17, 15) is 4.79 Å². The lowest BCUT2D eigenvalue weighted by molar-refractivity contribution is -0.132. The largest absolute Gasteiger partial charge is 0.478 e. The monoisotopic (exact) mass is 188 g/mol. The van der Waals surface area contributed by atoms with Crippen LogP contribution in [-0.4, -0.2) is 27.4 Å². The molecular weight excluding hydrogens is 172 g/mol. The standard InChI is InChI=1S/C8H16O3Si/c1-4-7(12-11-5-2)6(3)8(9)10/h7H,3-5,12H2,1-2H3,(H,9,10). The highest BCUT2D eigenvalue weighted by atomic mass is 28.2. The Morgan fingerprint density at radius 1 is 1.67 bits per heavy atom. The van der Waals surface area contributed by atoms with Gasteiger partial charge in [-0.25, -0.2) is 4.79 Å². The molecule has 0 fully saturated rings. The van der Waals surface area contributed by atoms with Gasteiger partial charge in [-0.2, -0.15) is 0 Å². The maximum absolute atomic E-state index is 10.5. The van der Waals surface area contributed by atoms with Crippen molar-refractivity contribution < 1.29 is 14.3 Å². The lowest BCUT2D eigenvalue weighted by Gasteiger charge is -2.12. The molecule has 0 radical (unpaired) electrons. The molecule has 0 amide bonds. The van der Waals surface area contributed by atoms with Crippen LogP contribution in [0.2, 0.25) is 5.54 Å². The smallest absolute Gasteiger partial charge is 0.331 e. The number of carboxylic acid groups (broad SMARTS) is 1. The van der Waals surface area contributed by atoms with Crippen LogP contribution in [0.3, 0.4) is 0 Å². The molecule has 0 aliphatic carbocycles. The summed E-state index contributed by atoms with van der Waals surface area (Å²) in [6.45, 7) is 8.09. The van der Waals surface area contributed by atoms with Gasteiger partial charge in [0, 0.05) is 17.7 Å². The van der Waals surface area contributed by atoms with E-state index in [0.29, 0.717) is 12.2 Å². The van der Waals surface area contributed by atoms with Gasteiger partial charge < -0.3 is 9.53 Å². The Morgan fingerprint density at radius 3 is 2.58 bits per heavy atom. The molecule has 1 atom stereocenters. The van der Waals surface area contributed by atoms with E-state index in [4.69, 9.17) is 9.53 Å². The minimum atomic E-state index is -0.894. The number of carbonyl (C=O) groups is 1. The Labute approximate surface area is 75.4 Å². The highest BCUT2D eigenvalue weighted by molar-refractivity contribution is 6.32. The Hall–Kier alpha value is -0.613. The molecule has 0 spiro atoms. The van der Waals surface area contributed by atoms with E-state index in [2.05, 4.69) is 6.58 Å². The molecular formula is C8H16O3Si. The van der Waals surface area contributed by atoms with Crippen LogP contribution in [0.5, 0.6) is 0 Å². The molecule has 0 aliphatic heterocycles. The van der Waals surface area contributed by atoms with Crippen LogP contribution < -0.4 is 0 Å². The Bertz CT molecular complexity index is 168. The third kappa shape index (κ3) is 3.68. The fraction of sp³-hybridized carbons (Fsp3) is 0.625. The minimum Gasteiger partial charge on any atom is -0.478 e. The van der Waals surface area contributed by atoms with Crippen molar-refractivity contribution in [3.63, 3.8) is 0 Å². The molecule has 0 aromatic heterocycles. The summed E-state index contributed by atoms with van der Waals surface area (Å²) in [7, 11) is -0.745. The van der Waals surface area contributed by atoms with Crippen molar-refractivity contribution in [1.29, 1.82) is 0 Å². The molecule has 0 aromatic rings. The van der Waals surface area contributed by atoms with Gasteiger partial charge in [-0.1, -0.05) is 13.5 Å². The average Bonchev–Trinajstić information content (AvgIpc) is 2.05. The van der Waals surface area contributed by atoms with Crippen molar-refractivity contribution in [2.24, 2.45) is 0 Å². The first-order valence-electron chi connectivity index (χ1n) is 4.13. The van der Waals surface area contributed by atoms with Gasteiger partial charge in [0.05, 0.1) is 0 Å². The summed E-state index contributed by atoms with van der Waals surface area (Å²) >= 11 is 0. The van der Waals surface area contributed by atoms with Crippen molar-refractivity contribution in [2.45, 2.75) is 25.8 Å². The summed E-state index contributed by atoms with van der Waals surface area (Å²) in [6.07, 6.45) is 0.817. The predicted molar refractivity (Wildman–Crippen MR) is 51.0 cm³/mol.